The zero-order valence-electron chi connectivity index (χ0n) is 12.5. The summed E-state index contributed by atoms with van der Waals surface area (Å²) >= 11 is 0. The molecule has 0 aromatic rings. The van der Waals surface area contributed by atoms with Crippen molar-refractivity contribution in [3.8, 4) is 0 Å². The van der Waals surface area contributed by atoms with Gasteiger partial charge in [-0.15, -0.1) is 0 Å². The highest BCUT2D eigenvalue weighted by molar-refractivity contribution is 4.61. The molecule has 0 atom stereocenters. The Morgan fingerprint density at radius 1 is 0.588 bits per heavy atom. The van der Waals surface area contributed by atoms with Crippen LogP contribution in [0.2, 0.25) is 0 Å². The zero-order chi connectivity index (χ0) is 13.0. The molecule has 0 spiro atoms. The van der Waals surface area contributed by atoms with Gasteiger partial charge in [-0.05, 0) is 25.2 Å². The molecule has 0 fully saturated rings. The maximum atomic E-state index is 7.06. The third kappa shape index (κ3) is 16.0. The fourth-order valence-electron chi connectivity index (χ4n) is 2.19. The van der Waals surface area contributed by atoms with Gasteiger partial charge in [-0.2, -0.15) is 0 Å². The van der Waals surface area contributed by atoms with Gasteiger partial charge < -0.3 is 0 Å². The lowest BCUT2D eigenvalue weighted by molar-refractivity contribution is 0.356. The second-order valence-corrected chi connectivity index (χ2v) is 6.60. The Morgan fingerprint density at radius 3 is 1.29 bits per heavy atom. The monoisotopic (exact) mass is 237 g/mol. The molecule has 3 radical (unpaired) electrons. The van der Waals surface area contributed by atoms with E-state index in [2.05, 4.69) is 20.8 Å². The zero-order valence-corrected chi connectivity index (χ0v) is 12.5. The van der Waals surface area contributed by atoms with Crippen molar-refractivity contribution in [2.75, 3.05) is 0 Å². The Kier molecular flexibility index (Phi) is 11.1. The van der Waals surface area contributed by atoms with E-state index < -0.39 is 0 Å². The van der Waals surface area contributed by atoms with Gasteiger partial charge in [-0.1, -0.05) is 85.0 Å². The summed E-state index contributed by atoms with van der Waals surface area (Å²) in [5, 5.41) is 0. The first kappa shape index (κ1) is 17.0. The maximum absolute atomic E-state index is 7.06. The average molecular weight is 237 g/mol. The molecule has 101 valence electrons. The minimum atomic E-state index is 0.526. The summed E-state index contributed by atoms with van der Waals surface area (Å²) in [5.74, 6) is 0. The third-order valence-electron chi connectivity index (χ3n) is 3.35. The molecule has 0 aromatic carbocycles. The molecule has 0 unspecified atom stereocenters. The van der Waals surface area contributed by atoms with Gasteiger partial charge in [0.2, 0.25) is 0 Å². The molecule has 0 rings (SSSR count). The minimum Gasteiger partial charge on any atom is -0.0602 e. The van der Waals surface area contributed by atoms with Crippen LogP contribution in [0.15, 0.2) is 0 Å². The van der Waals surface area contributed by atoms with Crippen molar-refractivity contribution < 1.29 is 0 Å². The quantitative estimate of drug-likeness (QED) is 0.370. The van der Waals surface area contributed by atoms with Gasteiger partial charge in [0, 0.05) is 0 Å². The average Bonchev–Trinajstić information content (AvgIpc) is 2.24. The highest BCUT2D eigenvalue weighted by Crippen LogP contribution is 2.22. The van der Waals surface area contributed by atoms with Crippen molar-refractivity contribution in [2.24, 2.45) is 5.41 Å². The first-order valence-corrected chi connectivity index (χ1v) is 7.71. The lowest BCUT2D eigenvalue weighted by Crippen LogP contribution is -2.03. The normalized spacial score (nSPS) is 12.0. The summed E-state index contributed by atoms with van der Waals surface area (Å²) in [4.78, 5) is 0. The first-order chi connectivity index (χ1) is 8.06. The van der Waals surface area contributed by atoms with Crippen molar-refractivity contribution in [3.05, 3.63) is 6.92 Å². The summed E-state index contributed by atoms with van der Waals surface area (Å²) in [6.45, 7) is 14.1. The fourth-order valence-corrected chi connectivity index (χ4v) is 2.19. The van der Waals surface area contributed by atoms with Crippen molar-refractivity contribution in [1.29, 1.82) is 0 Å². The Labute approximate surface area is 111 Å². The first-order valence-electron chi connectivity index (χ1n) is 7.71. The van der Waals surface area contributed by atoms with Crippen molar-refractivity contribution in [2.45, 2.75) is 97.8 Å². The highest BCUT2D eigenvalue weighted by Gasteiger charge is 2.08. The highest BCUT2D eigenvalue weighted by atomic mass is 14.1. The lowest BCUT2D eigenvalue weighted by atomic mass is 9.89. The van der Waals surface area contributed by atoms with E-state index in [-0.39, 0.29) is 0 Å². The molecular formula is C17H33. The molecule has 0 saturated carbocycles. The molecule has 0 bridgehead atoms. The van der Waals surface area contributed by atoms with E-state index in [1.165, 1.54) is 64.2 Å². The Bertz CT molecular complexity index is 141. The van der Waals surface area contributed by atoms with E-state index in [1.807, 2.05) is 0 Å². The summed E-state index contributed by atoms with van der Waals surface area (Å²) < 4.78 is 0. The van der Waals surface area contributed by atoms with Gasteiger partial charge in [0.15, 0.2) is 0 Å². The number of hydrogen-bond donors (Lipinski definition) is 0. The van der Waals surface area contributed by atoms with Crippen LogP contribution in [0.25, 0.3) is 0 Å². The van der Waals surface area contributed by atoms with Crippen molar-refractivity contribution in [3.63, 3.8) is 0 Å². The molecule has 0 amide bonds. The van der Waals surface area contributed by atoms with Crippen LogP contribution in [0.1, 0.15) is 97.8 Å². The summed E-state index contributed by atoms with van der Waals surface area (Å²) in [6.07, 6.45) is 15.7. The predicted molar refractivity (Wildman–Crippen MR) is 78.1 cm³/mol. The smallest absolute Gasteiger partial charge is 0.00936 e. The summed E-state index contributed by atoms with van der Waals surface area (Å²) in [5.41, 5.74) is 0.526. The topological polar surface area (TPSA) is 0 Å². The Balaban J connectivity index is 2.99. The van der Waals surface area contributed by atoms with Crippen LogP contribution in [-0.4, -0.2) is 0 Å². The molecule has 0 aliphatic rings. The molecule has 0 aliphatic carbocycles. The van der Waals surface area contributed by atoms with Gasteiger partial charge in [0.1, 0.15) is 0 Å². The van der Waals surface area contributed by atoms with E-state index in [1.54, 1.807) is 0 Å². The van der Waals surface area contributed by atoms with Crippen molar-refractivity contribution in [1.82, 2.24) is 0 Å². The van der Waals surface area contributed by atoms with E-state index in [0.29, 0.717) is 11.8 Å². The fraction of sp³-hybridized carbons (Fsp3) is 0.941. The predicted octanol–water partition coefficient (Wildman–Crippen LogP) is 6.30. The summed E-state index contributed by atoms with van der Waals surface area (Å²) in [6, 6.07) is 0. The van der Waals surface area contributed by atoms with Gasteiger partial charge >= 0.3 is 0 Å². The van der Waals surface area contributed by atoms with Crippen LogP contribution < -0.4 is 0 Å². The van der Waals surface area contributed by atoms with Crippen LogP contribution in [0.5, 0.6) is 0 Å². The molecule has 0 aliphatic heterocycles. The van der Waals surface area contributed by atoms with Crippen LogP contribution in [0, 0.1) is 12.3 Å². The van der Waals surface area contributed by atoms with E-state index in [4.69, 9.17) is 6.92 Å². The van der Waals surface area contributed by atoms with Crippen LogP contribution >= 0.6 is 0 Å². The molecule has 17 heavy (non-hydrogen) atoms. The van der Waals surface area contributed by atoms with Crippen LogP contribution in [-0.2, 0) is 0 Å². The maximum Gasteiger partial charge on any atom is -0.00936 e. The Hall–Kier alpha value is 0. The molecule has 0 N–H and O–H groups in total. The van der Waals surface area contributed by atoms with Crippen molar-refractivity contribution >= 4 is 0 Å². The van der Waals surface area contributed by atoms with Crippen LogP contribution in [0.4, 0.5) is 0 Å². The Morgan fingerprint density at radius 2 is 0.941 bits per heavy atom. The molecule has 0 nitrogen and oxygen atoms in total. The summed E-state index contributed by atoms with van der Waals surface area (Å²) in [7, 11) is 0. The standard InChI is InChI=1S/C17H33/c1-5-6-7-8-9-10-11-12-13-14-15-16-17(2,3)4/h5-16H2,2-4H3. The molecule has 0 heterocycles. The lowest BCUT2D eigenvalue weighted by Gasteiger charge is -2.17. The SMILES string of the molecule is [C]CCCCCCCCCCCCC(C)(C)C. The number of unbranched alkanes of at least 4 members (excludes halogenated alkanes) is 10. The third-order valence-corrected chi connectivity index (χ3v) is 3.35. The molecule has 0 heteroatoms. The van der Waals surface area contributed by atoms with Crippen LogP contribution in [0.3, 0.4) is 0 Å². The van der Waals surface area contributed by atoms with E-state index in [0.717, 1.165) is 6.42 Å². The largest absolute Gasteiger partial charge is 0.0602 e. The molecular weight excluding hydrogens is 204 g/mol. The number of hydrogen-bond acceptors (Lipinski definition) is 0. The van der Waals surface area contributed by atoms with Gasteiger partial charge in [-0.3, -0.25) is 0 Å². The molecule has 0 saturated heterocycles. The minimum absolute atomic E-state index is 0.526. The van der Waals surface area contributed by atoms with E-state index in [9.17, 15) is 0 Å². The molecule has 0 aromatic heterocycles. The van der Waals surface area contributed by atoms with E-state index >= 15 is 0 Å². The van der Waals surface area contributed by atoms with Gasteiger partial charge in [0.05, 0.1) is 0 Å². The number of rotatable bonds is 11. The second-order valence-electron chi connectivity index (χ2n) is 6.60. The van der Waals surface area contributed by atoms with Gasteiger partial charge in [0.25, 0.3) is 0 Å². The van der Waals surface area contributed by atoms with Gasteiger partial charge in [-0.25, -0.2) is 0 Å². The second kappa shape index (κ2) is 11.1.